The summed E-state index contributed by atoms with van der Waals surface area (Å²) in [5, 5.41) is 4.21. The molecule has 2 aromatic rings. The Hall–Kier alpha value is -1.95. The number of imidazole rings is 1. The van der Waals surface area contributed by atoms with E-state index < -0.39 is 0 Å². The molecule has 5 nitrogen and oxygen atoms in total. The minimum absolute atomic E-state index is 0.703. The zero-order valence-corrected chi connectivity index (χ0v) is 16.6. The maximum atomic E-state index is 4.53. The van der Waals surface area contributed by atoms with Crippen LogP contribution in [0, 0.1) is 0 Å². The predicted octanol–water partition coefficient (Wildman–Crippen LogP) is 3.03. The van der Waals surface area contributed by atoms with Crippen molar-refractivity contribution >= 4 is 17.7 Å². The van der Waals surface area contributed by atoms with Crippen LogP contribution < -0.4 is 5.32 Å². The second kappa shape index (κ2) is 9.67. The van der Waals surface area contributed by atoms with Crippen LogP contribution in [0.2, 0.25) is 0 Å². The van der Waals surface area contributed by atoms with Crippen molar-refractivity contribution in [3.63, 3.8) is 0 Å². The first-order chi connectivity index (χ1) is 12.8. The van der Waals surface area contributed by atoms with Crippen molar-refractivity contribution < 1.29 is 0 Å². The molecule has 1 aromatic carbocycles. The summed E-state index contributed by atoms with van der Waals surface area (Å²) in [6.45, 7) is 6.04. The van der Waals surface area contributed by atoms with Gasteiger partial charge in [-0.2, -0.15) is 11.8 Å². The Bertz CT molecular complexity index is 697. The Balaban J connectivity index is 1.55. The van der Waals surface area contributed by atoms with Gasteiger partial charge in [0.25, 0.3) is 0 Å². The Morgan fingerprint density at radius 2 is 2.19 bits per heavy atom. The first kappa shape index (κ1) is 18.8. The van der Waals surface area contributed by atoms with Gasteiger partial charge in [0.15, 0.2) is 5.96 Å². The van der Waals surface area contributed by atoms with Crippen LogP contribution in [-0.2, 0) is 19.5 Å². The molecule has 1 unspecified atom stereocenters. The van der Waals surface area contributed by atoms with Gasteiger partial charge < -0.3 is 14.8 Å². The van der Waals surface area contributed by atoms with Gasteiger partial charge in [-0.05, 0) is 18.4 Å². The number of benzene rings is 1. The Kier molecular flexibility index (Phi) is 7.00. The van der Waals surface area contributed by atoms with E-state index in [2.05, 4.69) is 80.0 Å². The molecule has 1 aliphatic rings. The molecule has 0 amide bonds. The minimum atomic E-state index is 0.703. The molecule has 6 heteroatoms. The number of thioether (sulfide) groups is 1. The van der Waals surface area contributed by atoms with Crippen LogP contribution in [0.4, 0.5) is 0 Å². The lowest BCUT2D eigenvalue weighted by Gasteiger charge is -2.34. The number of nitrogens with one attached hydrogen (secondary N) is 1. The molecule has 0 spiro atoms. The summed E-state index contributed by atoms with van der Waals surface area (Å²) in [6.07, 6.45) is 6.17. The zero-order valence-electron chi connectivity index (χ0n) is 15.8. The average molecular weight is 372 g/mol. The molecule has 0 aliphatic carbocycles. The van der Waals surface area contributed by atoms with E-state index in [1.54, 1.807) is 0 Å². The fraction of sp³-hybridized carbons (Fsp3) is 0.500. The lowest BCUT2D eigenvalue weighted by molar-refractivity contribution is 0.406. The van der Waals surface area contributed by atoms with E-state index >= 15 is 0 Å². The standard InChI is InChI=1S/C20H29N5S/c1-3-18-16-25(13-14-26-18)20(21-2)23-15-19-22-10-12-24(19)11-9-17-7-5-4-6-8-17/h4-8,10,12,18H,3,9,11,13-16H2,1-2H3,(H,21,23). The molecule has 0 radical (unpaired) electrons. The van der Waals surface area contributed by atoms with Gasteiger partial charge in [-0.3, -0.25) is 4.99 Å². The monoisotopic (exact) mass is 371 g/mol. The minimum Gasteiger partial charge on any atom is -0.349 e. The van der Waals surface area contributed by atoms with Gasteiger partial charge in [0, 0.05) is 50.1 Å². The summed E-state index contributed by atoms with van der Waals surface area (Å²) in [4.78, 5) is 11.4. The molecule has 0 bridgehead atoms. The smallest absolute Gasteiger partial charge is 0.194 e. The normalized spacial score (nSPS) is 18.2. The SMILES string of the molecule is CCC1CN(C(=NC)NCc2nccn2CCc2ccccc2)CCS1. The Morgan fingerprint density at radius 1 is 1.35 bits per heavy atom. The highest BCUT2D eigenvalue weighted by Gasteiger charge is 2.21. The highest BCUT2D eigenvalue weighted by atomic mass is 32.2. The number of nitrogens with zero attached hydrogens (tertiary/aromatic N) is 4. The molecule has 1 fully saturated rings. The van der Waals surface area contributed by atoms with Crippen molar-refractivity contribution in [3.8, 4) is 0 Å². The predicted molar refractivity (Wildman–Crippen MR) is 111 cm³/mol. The van der Waals surface area contributed by atoms with E-state index in [4.69, 9.17) is 0 Å². The second-order valence-electron chi connectivity index (χ2n) is 6.52. The maximum absolute atomic E-state index is 4.53. The summed E-state index contributed by atoms with van der Waals surface area (Å²) in [5.41, 5.74) is 1.35. The molecule has 3 rings (SSSR count). The van der Waals surface area contributed by atoms with Crippen LogP contribution >= 0.6 is 11.8 Å². The van der Waals surface area contributed by atoms with E-state index in [0.29, 0.717) is 11.8 Å². The molecule has 1 atom stereocenters. The molecule has 26 heavy (non-hydrogen) atoms. The second-order valence-corrected chi connectivity index (χ2v) is 7.93. The third-order valence-electron chi connectivity index (χ3n) is 4.80. The van der Waals surface area contributed by atoms with Gasteiger partial charge in [0.2, 0.25) is 0 Å². The van der Waals surface area contributed by atoms with Crippen LogP contribution in [0.3, 0.4) is 0 Å². The molecule has 2 heterocycles. The molecule has 1 aliphatic heterocycles. The molecule has 1 saturated heterocycles. The van der Waals surface area contributed by atoms with E-state index in [9.17, 15) is 0 Å². The van der Waals surface area contributed by atoms with Crippen molar-refractivity contribution in [3.05, 3.63) is 54.1 Å². The van der Waals surface area contributed by atoms with Crippen molar-refractivity contribution in [1.82, 2.24) is 19.8 Å². The van der Waals surface area contributed by atoms with E-state index in [-0.39, 0.29) is 0 Å². The van der Waals surface area contributed by atoms with Crippen molar-refractivity contribution in [2.45, 2.75) is 38.1 Å². The third-order valence-corrected chi connectivity index (χ3v) is 6.17. The van der Waals surface area contributed by atoms with Crippen LogP contribution in [-0.4, -0.2) is 51.6 Å². The molecular weight excluding hydrogens is 342 g/mol. The molecular formula is C20H29N5S. The average Bonchev–Trinajstić information content (AvgIpc) is 3.15. The van der Waals surface area contributed by atoms with Gasteiger partial charge in [0.1, 0.15) is 5.82 Å². The molecule has 0 saturated carbocycles. The van der Waals surface area contributed by atoms with Crippen LogP contribution in [0.1, 0.15) is 24.7 Å². The number of aromatic nitrogens is 2. The van der Waals surface area contributed by atoms with E-state index in [1.807, 2.05) is 13.2 Å². The highest BCUT2D eigenvalue weighted by molar-refractivity contribution is 8.00. The van der Waals surface area contributed by atoms with Crippen molar-refractivity contribution in [2.75, 3.05) is 25.9 Å². The number of aliphatic imine (C=N–C) groups is 1. The lowest BCUT2D eigenvalue weighted by atomic mass is 10.1. The number of rotatable bonds is 6. The first-order valence-electron chi connectivity index (χ1n) is 9.41. The summed E-state index contributed by atoms with van der Waals surface area (Å²) < 4.78 is 2.23. The lowest BCUT2D eigenvalue weighted by Crippen LogP contribution is -2.47. The largest absolute Gasteiger partial charge is 0.349 e. The molecule has 1 N–H and O–H groups in total. The quantitative estimate of drug-likeness (QED) is 0.626. The highest BCUT2D eigenvalue weighted by Crippen LogP contribution is 2.21. The maximum Gasteiger partial charge on any atom is 0.194 e. The zero-order chi connectivity index (χ0) is 18.2. The van der Waals surface area contributed by atoms with E-state index in [1.165, 1.54) is 17.7 Å². The van der Waals surface area contributed by atoms with Crippen LogP contribution in [0.15, 0.2) is 47.7 Å². The van der Waals surface area contributed by atoms with E-state index in [0.717, 1.165) is 37.8 Å². The van der Waals surface area contributed by atoms with Gasteiger partial charge in [0.05, 0.1) is 6.54 Å². The molecule has 140 valence electrons. The van der Waals surface area contributed by atoms with Gasteiger partial charge in [-0.15, -0.1) is 0 Å². The number of aryl methyl sites for hydroxylation is 2. The summed E-state index contributed by atoms with van der Waals surface area (Å²) in [7, 11) is 1.87. The Labute approximate surface area is 160 Å². The number of guanidine groups is 1. The van der Waals surface area contributed by atoms with Crippen molar-refractivity contribution in [2.24, 2.45) is 4.99 Å². The summed E-state index contributed by atoms with van der Waals surface area (Å²) >= 11 is 2.08. The number of hydrogen-bond acceptors (Lipinski definition) is 3. The van der Waals surface area contributed by atoms with Crippen LogP contribution in [0.25, 0.3) is 0 Å². The van der Waals surface area contributed by atoms with Gasteiger partial charge in [-0.25, -0.2) is 4.98 Å². The molecule has 1 aromatic heterocycles. The fourth-order valence-corrected chi connectivity index (χ4v) is 4.43. The topological polar surface area (TPSA) is 45.4 Å². The van der Waals surface area contributed by atoms with Crippen LogP contribution in [0.5, 0.6) is 0 Å². The van der Waals surface area contributed by atoms with Crippen molar-refractivity contribution in [1.29, 1.82) is 0 Å². The number of hydrogen-bond donors (Lipinski definition) is 1. The fourth-order valence-electron chi connectivity index (χ4n) is 3.25. The van der Waals surface area contributed by atoms with Gasteiger partial charge in [-0.1, -0.05) is 37.3 Å². The third kappa shape index (κ3) is 5.04. The summed E-state index contributed by atoms with van der Waals surface area (Å²) in [5.74, 6) is 3.21. The Morgan fingerprint density at radius 3 is 2.96 bits per heavy atom. The summed E-state index contributed by atoms with van der Waals surface area (Å²) in [6, 6.07) is 10.6. The first-order valence-corrected chi connectivity index (χ1v) is 10.5. The van der Waals surface area contributed by atoms with Gasteiger partial charge >= 0.3 is 0 Å².